The lowest BCUT2D eigenvalue weighted by Crippen LogP contribution is -2.09. The van der Waals surface area contributed by atoms with Gasteiger partial charge in [0.05, 0.1) is 0 Å². The summed E-state index contributed by atoms with van der Waals surface area (Å²) >= 11 is 12.1. The van der Waals surface area contributed by atoms with Crippen molar-refractivity contribution in [2.24, 2.45) is 0 Å². The number of nitrogens with one attached hydrogen (secondary N) is 1. The van der Waals surface area contributed by atoms with Crippen molar-refractivity contribution in [3.05, 3.63) is 88.5 Å². The van der Waals surface area contributed by atoms with Crippen molar-refractivity contribution in [3.63, 3.8) is 0 Å². The third kappa shape index (κ3) is 3.34. The maximum atomic E-state index is 6.11. The van der Waals surface area contributed by atoms with Gasteiger partial charge in [0, 0.05) is 29.2 Å². The van der Waals surface area contributed by atoms with Gasteiger partial charge in [0.2, 0.25) is 0 Å². The monoisotopic (exact) mass is 330 g/mol. The Kier molecular flexibility index (Phi) is 4.81. The highest BCUT2D eigenvalue weighted by Gasteiger charge is 2.19. The molecule has 2 nitrogen and oxygen atoms in total. The largest absolute Gasteiger partial charge is 0.348 e. The van der Waals surface area contributed by atoms with E-state index in [0.29, 0.717) is 5.88 Å². The van der Waals surface area contributed by atoms with Gasteiger partial charge in [-0.2, -0.15) is 0 Å². The molecule has 112 valence electrons. The average Bonchev–Trinajstić information content (AvgIpc) is 3.08. The van der Waals surface area contributed by atoms with E-state index in [9.17, 15) is 0 Å². The zero-order valence-corrected chi connectivity index (χ0v) is 13.5. The number of rotatable bonds is 5. The van der Waals surface area contributed by atoms with Gasteiger partial charge in [0.15, 0.2) is 0 Å². The van der Waals surface area contributed by atoms with Crippen LogP contribution >= 0.6 is 23.2 Å². The Labute approximate surface area is 140 Å². The zero-order chi connectivity index (χ0) is 15.4. The highest BCUT2D eigenvalue weighted by atomic mass is 35.5. The number of hydrogen-bond donors (Lipinski definition) is 1. The second-order valence-electron chi connectivity index (χ2n) is 5.19. The first-order valence-corrected chi connectivity index (χ1v) is 8.06. The van der Waals surface area contributed by atoms with Crippen molar-refractivity contribution in [1.29, 1.82) is 0 Å². The van der Waals surface area contributed by atoms with Crippen LogP contribution in [0.2, 0.25) is 5.02 Å². The first-order valence-electron chi connectivity index (χ1n) is 7.15. The standard InChI is InChI=1S/C18H16Cl2N2/c19-12-14-3-1-2-4-16(14)17(18-21-9-10-22-18)11-13-5-7-15(20)8-6-13/h1-10,17H,11-12H2,(H,21,22). The minimum absolute atomic E-state index is 0.145. The van der Waals surface area contributed by atoms with Crippen molar-refractivity contribution in [2.45, 2.75) is 18.2 Å². The molecule has 3 aromatic rings. The van der Waals surface area contributed by atoms with Crippen molar-refractivity contribution in [3.8, 4) is 0 Å². The molecular weight excluding hydrogens is 315 g/mol. The number of H-pyrrole nitrogens is 1. The van der Waals surface area contributed by atoms with Gasteiger partial charge in [-0.3, -0.25) is 0 Å². The second kappa shape index (κ2) is 6.99. The van der Waals surface area contributed by atoms with Crippen LogP contribution in [0.15, 0.2) is 60.9 Å². The SMILES string of the molecule is ClCc1ccccc1C(Cc1ccc(Cl)cc1)c1ncc[nH]1. The van der Waals surface area contributed by atoms with Crippen molar-refractivity contribution in [1.82, 2.24) is 9.97 Å². The zero-order valence-electron chi connectivity index (χ0n) is 12.0. The summed E-state index contributed by atoms with van der Waals surface area (Å²) < 4.78 is 0. The molecule has 1 aromatic heterocycles. The first-order chi connectivity index (χ1) is 10.8. The van der Waals surface area contributed by atoms with Crippen LogP contribution in [0.3, 0.4) is 0 Å². The van der Waals surface area contributed by atoms with E-state index in [2.05, 4.69) is 34.2 Å². The Morgan fingerprint density at radius 3 is 2.50 bits per heavy atom. The van der Waals surface area contributed by atoms with Gasteiger partial charge < -0.3 is 4.98 Å². The van der Waals surface area contributed by atoms with Crippen LogP contribution in [0.1, 0.15) is 28.4 Å². The number of halogens is 2. The van der Waals surface area contributed by atoms with E-state index in [1.807, 2.05) is 30.5 Å². The third-order valence-corrected chi connectivity index (χ3v) is 4.32. The number of imidazole rings is 1. The molecule has 0 radical (unpaired) electrons. The Hall–Kier alpha value is -1.77. The maximum absolute atomic E-state index is 6.11. The molecule has 3 rings (SSSR count). The molecule has 4 heteroatoms. The molecule has 22 heavy (non-hydrogen) atoms. The number of alkyl halides is 1. The predicted molar refractivity (Wildman–Crippen MR) is 91.6 cm³/mol. The molecule has 1 unspecified atom stereocenters. The van der Waals surface area contributed by atoms with Crippen LogP contribution in [0.4, 0.5) is 0 Å². The first kappa shape index (κ1) is 15.1. The summed E-state index contributed by atoms with van der Waals surface area (Å²) in [5.41, 5.74) is 3.57. The van der Waals surface area contributed by atoms with E-state index < -0.39 is 0 Å². The van der Waals surface area contributed by atoms with Crippen molar-refractivity contribution >= 4 is 23.2 Å². The highest BCUT2D eigenvalue weighted by molar-refractivity contribution is 6.30. The lowest BCUT2D eigenvalue weighted by atomic mass is 9.88. The fraction of sp³-hybridized carbons (Fsp3) is 0.167. The minimum Gasteiger partial charge on any atom is -0.348 e. The fourth-order valence-electron chi connectivity index (χ4n) is 2.67. The molecule has 0 saturated heterocycles. The smallest absolute Gasteiger partial charge is 0.113 e. The van der Waals surface area contributed by atoms with E-state index in [1.54, 1.807) is 6.20 Å². The van der Waals surface area contributed by atoms with E-state index >= 15 is 0 Å². The Bertz CT molecular complexity index is 721. The van der Waals surface area contributed by atoms with Gasteiger partial charge in [-0.15, -0.1) is 11.6 Å². The Balaban J connectivity index is 1.99. The summed E-state index contributed by atoms with van der Waals surface area (Å²) in [6.45, 7) is 0. The number of nitrogens with zero attached hydrogens (tertiary/aromatic N) is 1. The molecule has 2 aromatic carbocycles. The molecule has 0 saturated carbocycles. The van der Waals surface area contributed by atoms with Gasteiger partial charge in [0.1, 0.15) is 5.82 Å². The Morgan fingerprint density at radius 2 is 1.82 bits per heavy atom. The molecule has 0 spiro atoms. The molecule has 0 aliphatic rings. The molecule has 0 amide bonds. The van der Waals surface area contributed by atoms with E-state index in [1.165, 1.54) is 11.1 Å². The maximum Gasteiger partial charge on any atom is 0.113 e. The molecule has 0 aliphatic carbocycles. The molecule has 1 heterocycles. The van der Waals surface area contributed by atoms with Crippen LogP contribution in [-0.4, -0.2) is 9.97 Å². The van der Waals surface area contributed by atoms with Crippen LogP contribution in [0.25, 0.3) is 0 Å². The lowest BCUT2D eigenvalue weighted by molar-refractivity contribution is 0.745. The Morgan fingerprint density at radius 1 is 1.05 bits per heavy atom. The molecule has 1 N–H and O–H groups in total. The van der Waals surface area contributed by atoms with Gasteiger partial charge in [0.25, 0.3) is 0 Å². The summed E-state index contributed by atoms with van der Waals surface area (Å²) in [6, 6.07) is 16.2. The summed E-state index contributed by atoms with van der Waals surface area (Å²) in [6.07, 6.45) is 4.49. The van der Waals surface area contributed by atoms with Crippen molar-refractivity contribution < 1.29 is 0 Å². The lowest BCUT2D eigenvalue weighted by Gasteiger charge is -2.18. The van der Waals surface area contributed by atoms with Crippen molar-refractivity contribution in [2.75, 3.05) is 0 Å². The number of aromatic nitrogens is 2. The summed E-state index contributed by atoms with van der Waals surface area (Å²) in [4.78, 5) is 7.70. The number of hydrogen-bond acceptors (Lipinski definition) is 1. The third-order valence-electron chi connectivity index (χ3n) is 3.78. The molecular formula is C18H16Cl2N2. The van der Waals surface area contributed by atoms with Crippen LogP contribution in [0.5, 0.6) is 0 Å². The number of aromatic amines is 1. The predicted octanol–water partition coefficient (Wildman–Crippen LogP) is 5.18. The summed E-state index contributed by atoms with van der Waals surface area (Å²) in [5.74, 6) is 1.59. The van der Waals surface area contributed by atoms with Gasteiger partial charge in [-0.25, -0.2) is 4.98 Å². The topological polar surface area (TPSA) is 28.7 Å². The quantitative estimate of drug-likeness (QED) is 0.642. The van der Waals surface area contributed by atoms with Crippen LogP contribution < -0.4 is 0 Å². The average molecular weight is 331 g/mol. The second-order valence-corrected chi connectivity index (χ2v) is 5.89. The minimum atomic E-state index is 0.145. The molecule has 1 atom stereocenters. The highest BCUT2D eigenvalue weighted by Crippen LogP contribution is 2.30. The van der Waals surface area contributed by atoms with Gasteiger partial charge in [-0.1, -0.05) is 48.0 Å². The molecule has 0 fully saturated rings. The summed E-state index contributed by atoms with van der Waals surface area (Å²) in [7, 11) is 0. The van der Waals surface area contributed by atoms with E-state index in [4.69, 9.17) is 23.2 Å². The van der Waals surface area contributed by atoms with Gasteiger partial charge in [-0.05, 0) is 35.2 Å². The van der Waals surface area contributed by atoms with E-state index in [0.717, 1.165) is 22.8 Å². The normalized spacial score (nSPS) is 12.3. The van der Waals surface area contributed by atoms with Crippen LogP contribution in [-0.2, 0) is 12.3 Å². The van der Waals surface area contributed by atoms with E-state index in [-0.39, 0.29) is 5.92 Å². The number of benzene rings is 2. The summed E-state index contributed by atoms with van der Waals surface area (Å²) in [5, 5.41) is 0.749. The van der Waals surface area contributed by atoms with Crippen LogP contribution in [0, 0.1) is 0 Å². The fourth-order valence-corrected chi connectivity index (χ4v) is 3.04. The molecule has 0 aliphatic heterocycles. The van der Waals surface area contributed by atoms with Gasteiger partial charge >= 0.3 is 0 Å². The molecule has 0 bridgehead atoms.